The Hall–Kier alpha value is -4.67. The molecule has 11 heteroatoms. The quantitative estimate of drug-likeness (QED) is 0.403. The van der Waals surface area contributed by atoms with Crippen LogP contribution in [0, 0.1) is 17.6 Å². The molecule has 2 N–H and O–H groups in total. The van der Waals surface area contributed by atoms with Gasteiger partial charge >= 0.3 is 5.97 Å². The number of likely N-dealkylation sites (tertiary alicyclic amines) is 1. The molecule has 0 bridgehead atoms. The second-order valence-corrected chi connectivity index (χ2v) is 9.43. The van der Waals surface area contributed by atoms with Crippen molar-refractivity contribution >= 4 is 34.4 Å². The van der Waals surface area contributed by atoms with Crippen LogP contribution < -0.4 is 5.32 Å². The summed E-state index contributed by atoms with van der Waals surface area (Å²) in [6.07, 6.45) is 2.54. The number of hydrogen-bond donors (Lipinski definition) is 2. The number of fused-ring (bicyclic) bond motifs is 2. The van der Waals surface area contributed by atoms with Crippen LogP contribution in [0.3, 0.4) is 0 Å². The number of amides is 2. The molecule has 192 valence electrons. The summed E-state index contributed by atoms with van der Waals surface area (Å²) in [6, 6.07) is 12.6. The van der Waals surface area contributed by atoms with E-state index in [1.165, 1.54) is 46.1 Å². The molecule has 6 rings (SSSR count). The molecule has 38 heavy (non-hydrogen) atoms. The van der Waals surface area contributed by atoms with Gasteiger partial charge in [0.1, 0.15) is 24.1 Å². The molecule has 0 spiro atoms. The average Bonchev–Trinajstić information content (AvgIpc) is 3.40. The number of nitrogens with one attached hydrogen (secondary N) is 1. The third-order valence-electron chi connectivity index (χ3n) is 7.11. The van der Waals surface area contributed by atoms with Crippen molar-refractivity contribution in [3.05, 3.63) is 78.1 Å². The van der Waals surface area contributed by atoms with Crippen molar-refractivity contribution in [1.82, 2.24) is 19.7 Å². The minimum absolute atomic E-state index is 0.0945. The highest BCUT2D eigenvalue weighted by Crippen LogP contribution is 2.48. The topological polar surface area (TPSA) is 117 Å². The van der Waals surface area contributed by atoms with Crippen LogP contribution in [0.1, 0.15) is 23.3 Å². The number of carbonyl (C=O) groups excluding carboxylic acids is 2. The molecular formula is C27H21F2N5O4. The van der Waals surface area contributed by atoms with E-state index in [1.807, 2.05) is 0 Å². The van der Waals surface area contributed by atoms with E-state index in [1.54, 1.807) is 24.3 Å². The van der Waals surface area contributed by atoms with Crippen LogP contribution in [0.5, 0.6) is 0 Å². The number of aromatic carboxylic acids is 1. The van der Waals surface area contributed by atoms with E-state index in [2.05, 4.69) is 15.4 Å². The second-order valence-electron chi connectivity index (χ2n) is 9.43. The zero-order valence-electron chi connectivity index (χ0n) is 19.8. The standard InChI is InChI=1S/C27H21F2N5O4/c28-17-7-4-10-30-24(17)16-6-3-8-18(23(16)29)31-26(36)21-12-14-11-20(14)34(21)22(35)13-33-19-9-2-1-5-15(19)25(32-33)27(37)38/h1-10,14,20-21H,11-13H2,(H,31,36)(H,37,38)/t14-,20-,21+/m1/s1. The van der Waals surface area contributed by atoms with Gasteiger partial charge < -0.3 is 15.3 Å². The molecule has 2 aromatic heterocycles. The van der Waals surface area contributed by atoms with Crippen LogP contribution in [-0.4, -0.2) is 54.6 Å². The normalized spacial score (nSPS) is 19.8. The smallest absolute Gasteiger partial charge is 0.357 e. The van der Waals surface area contributed by atoms with E-state index in [9.17, 15) is 23.9 Å². The lowest BCUT2D eigenvalue weighted by Gasteiger charge is -2.27. The fraction of sp³-hybridized carbons (Fsp3) is 0.222. The van der Waals surface area contributed by atoms with E-state index in [0.717, 1.165) is 6.42 Å². The Kier molecular flexibility index (Phi) is 5.63. The molecule has 3 heterocycles. The number of anilines is 1. The van der Waals surface area contributed by atoms with Crippen LogP contribution >= 0.6 is 0 Å². The first-order valence-electron chi connectivity index (χ1n) is 12.0. The molecule has 1 aliphatic carbocycles. The number of pyridine rings is 1. The van der Waals surface area contributed by atoms with Crippen molar-refractivity contribution in [2.45, 2.75) is 31.5 Å². The molecular weight excluding hydrogens is 496 g/mol. The number of rotatable bonds is 6. The van der Waals surface area contributed by atoms with Crippen molar-refractivity contribution in [3.63, 3.8) is 0 Å². The maximum Gasteiger partial charge on any atom is 0.357 e. The van der Waals surface area contributed by atoms with Crippen LogP contribution in [0.2, 0.25) is 0 Å². The number of para-hydroxylation sites is 1. The van der Waals surface area contributed by atoms with Gasteiger partial charge in [-0.1, -0.05) is 24.3 Å². The Balaban J connectivity index is 1.24. The highest BCUT2D eigenvalue weighted by Gasteiger charge is 2.56. The monoisotopic (exact) mass is 517 g/mol. The molecule has 1 saturated heterocycles. The van der Waals surface area contributed by atoms with Gasteiger partial charge in [0.15, 0.2) is 11.5 Å². The first-order chi connectivity index (χ1) is 18.3. The van der Waals surface area contributed by atoms with Crippen LogP contribution in [0.15, 0.2) is 60.8 Å². The van der Waals surface area contributed by atoms with E-state index in [0.29, 0.717) is 17.3 Å². The maximum atomic E-state index is 15.3. The van der Waals surface area contributed by atoms with E-state index in [-0.39, 0.29) is 47.1 Å². The summed E-state index contributed by atoms with van der Waals surface area (Å²) in [5.41, 5.74) is -0.0793. The summed E-state index contributed by atoms with van der Waals surface area (Å²) in [5, 5.41) is 16.6. The first kappa shape index (κ1) is 23.7. The van der Waals surface area contributed by atoms with Gasteiger partial charge in [0.05, 0.1) is 11.2 Å². The van der Waals surface area contributed by atoms with Gasteiger partial charge in [-0.2, -0.15) is 5.10 Å². The van der Waals surface area contributed by atoms with Crippen LogP contribution in [0.25, 0.3) is 22.2 Å². The van der Waals surface area contributed by atoms with E-state index >= 15 is 4.39 Å². The second kappa shape index (κ2) is 9.02. The molecule has 2 fully saturated rings. The number of halogens is 2. The van der Waals surface area contributed by atoms with Crippen LogP contribution in [-0.2, 0) is 16.1 Å². The summed E-state index contributed by atoms with van der Waals surface area (Å²) in [5.74, 6) is -3.51. The van der Waals surface area contributed by atoms with Crippen molar-refractivity contribution in [1.29, 1.82) is 0 Å². The van der Waals surface area contributed by atoms with Crippen LogP contribution in [0.4, 0.5) is 14.5 Å². The van der Waals surface area contributed by atoms with Crippen molar-refractivity contribution in [2.75, 3.05) is 5.32 Å². The van der Waals surface area contributed by atoms with Gasteiger partial charge in [0, 0.05) is 23.2 Å². The molecule has 0 radical (unpaired) electrons. The Labute approximate surface area is 214 Å². The predicted molar refractivity (Wildman–Crippen MR) is 132 cm³/mol. The molecule has 0 unspecified atom stereocenters. The lowest BCUT2D eigenvalue weighted by molar-refractivity contribution is -0.138. The fourth-order valence-corrected chi connectivity index (χ4v) is 5.28. The minimum atomic E-state index is -1.21. The number of nitrogens with zero attached hydrogens (tertiary/aromatic N) is 4. The molecule has 2 amide bonds. The number of carbonyl (C=O) groups is 3. The summed E-state index contributed by atoms with van der Waals surface area (Å²) < 4.78 is 30.8. The Bertz CT molecular complexity index is 1620. The van der Waals surface area contributed by atoms with Gasteiger partial charge in [-0.15, -0.1) is 0 Å². The molecule has 2 aliphatic rings. The Morgan fingerprint density at radius 1 is 1.03 bits per heavy atom. The third kappa shape index (κ3) is 3.96. The molecule has 1 aliphatic heterocycles. The van der Waals surface area contributed by atoms with Gasteiger partial charge in [-0.05, 0) is 49.1 Å². The number of hydrogen-bond acceptors (Lipinski definition) is 5. The molecule has 1 saturated carbocycles. The Morgan fingerprint density at radius 2 is 1.84 bits per heavy atom. The Morgan fingerprint density at radius 3 is 2.63 bits per heavy atom. The number of carboxylic acids is 1. The highest BCUT2D eigenvalue weighted by molar-refractivity contribution is 6.02. The molecule has 9 nitrogen and oxygen atoms in total. The number of benzene rings is 2. The predicted octanol–water partition coefficient (Wildman–Crippen LogP) is 3.70. The molecule has 2 aromatic carbocycles. The third-order valence-corrected chi connectivity index (χ3v) is 7.11. The lowest BCUT2D eigenvalue weighted by atomic mass is 10.1. The molecule has 4 aromatic rings. The maximum absolute atomic E-state index is 15.3. The fourth-order valence-electron chi connectivity index (χ4n) is 5.28. The number of aromatic nitrogens is 3. The summed E-state index contributed by atoms with van der Waals surface area (Å²) in [4.78, 5) is 43.7. The zero-order valence-corrected chi connectivity index (χ0v) is 19.8. The highest BCUT2D eigenvalue weighted by atomic mass is 19.1. The summed E-state index contributed by atoms with van der Waals surface area (Å²) in [7, 11) is 0. The zero-order chi connectivity index (χ0) is 26.6. The van der Waals surface area contributed by atoms with E-state index in [4.69, 9.17) is 0 Å². The lowest BCUT2D eigenvalue weighted by Crippen LogP contribution is -2.46. The van der Waals surface area contributed by atoms with Gasteiger partial charge in [0.25, 0.3) is 0 Å². The SMILES string of the molecule is O=C(O)c1nn(CC(=O)N2[C@@H]3C[C@@H]3C[C@H]2C(=O)Nc2cccc(-c3ncccc3F)c2F)c2ccccc12. The average molecular weight is 517 g/mol. The first-order valence-corrected chi connectivity index (χ1v) is 12.0. The van der Waals surface area contributed by atoms with Crippen molar-refractivity contribution in [2.24, 2.45) is 5.92 Å². The van der Waals surface area contributed by atoms with Gasteiger partial charge in [-0.3, -0.25) is 19.3 Å². The summed E-state index contributed by atoms with van der Waals surface area (Å²) >= 11 is 0. The largest absolute Gasteiger partial charge is 0.476 e. The van der Waals surface area contributed by atoms with Crippen molar-refractivity contribution in [3.8, 4) is 11.3 Å². The van der Waals surface area contributed by atoms with Crippen molar-refractivity contribution < 1.29 is 28.3 Å². The van der Waals surface area contributed by atoms with Gasteiger partial charge in [-0.25, -0.2) is 13.6 Å². The van der Waals surface area contributed by atoms with Gasteiger partial charge in [0.2, 0.25) is 11.8 Å². The number of carboxylic acid groups (broad SMARTS) is 1. The minimum Gasteiger partial charge on any atom is -0.476 e. The summed E-state index contributed by atoms with van der Waals surface area (Å²) in [6.45, 7) is -0.246. The number of piperidine rings is 1. The van der Waals surface area contributed by atoms with E-state index < -0.39 is 29.6 Å². The molecule has 3 atom stereocenters.